The third-order valence-electron chi connectivity index (χ3n) is 3.14. The summed E-state index contributed by atoms with van der Waals surface area (Å²) in [6, 6.07) is 7.35. The van der Waals surface area contributed by atoms with E-state index in [-0.39, 0.29) is 17.9 Å². The van der Waals surface area contributed by atoms with Crippen molar-refractivity contribution in [1.29, 1.82) is 0 Å². The quantitative estimate of drug-likeness (QED) is 0.836. The number of amides is 2. The second-order valence-corrected chi connectivity index (χ2v) is 4.63. The molecule has 0 spiro atoms. The van der Waals surface area contributed by atoms with Gasteiger partial charge in [-0.15, -0.1) is 0 Å². The monoisotopic (exact) mass is 262 g/mol. The van der Waals surface area contributed by atoms with Crippen LogP contribution in [0.25, 0.3) is 0 Å². The van der Waals surface area contributed by atoms with Gasteiger partial charge >= 0.3 is 0 Å². The van der Waals surface area contributed by atoms with Gasteiger partial charge < -0.3 is 15.4 Å². The fourth-order valence-electron chi connectivity index (χ4n) is 2.11. The molecule has 0 saturated carbocycles. The van der Waals surface area contributed by atoms with Crippen LogP contribution in [-0.4, -0.2) is 31.5 Å². The number of carbonyl (C=O) groups excluding carboxylic acids is 2. The summed E-state index contributed by atoms with van der Waals surface area (Å²) in [5.41, 5.74) is 0.929. The molecule has 1 heterocycles. The highest BCUT2D eigenvalue weighted by atomic mass is 16.5. The predicted molar refractivity (Wildman–Crippen MR) is 70.9 cm³/mol. The molecule has 1 fully saturated rings. The Labute approximate surface area is 112 Å². The largest absolute Gasteiger partial charge is 0.497 e. The molecular formula is C14H18N2O3. The van der Waals surface area contributed by atoms with Gasteiger partial charge in [0, 0.05) is 19.0 Å². The molecule has 0 bridgehead atoms. The third kappa shape index (κ3) is 3.98. The highest BCUT2D eigenvalue weighted by Crippen LogP contribution is 2.12. The molecule has 0 aromatic heterocycles. The zero-order valence-electron chi connectivity index (χ0n) is 10.9. The molecule has 1 aliphatic rings. The van der Waals surface area contributed by atoms with E-state index in [1.165, 1.54) is 0 Å². The van der Waals surface area contributed by atoms with Crippen molar-refractivity contribution in [2.45, 2.75) is 25.3 Å². The van der Waals surface area contributed by atoms with Crippen molar-refractivity contribution >= 4 is 11.8 Å². The Bertz CT molecular complexity index is 456. The average molecular weight is 262 g/mol. The Morgan fingerprint density at radius 2 is 2.16 bits per heavy atom. The Hall–Kier alpha value is -2.04. The van der Waals surface area contributed by atoms with Crippen molar-refractivity contribution in [3.63, 3.8) is 0 Å². The SMILES string of the molecule is COc1ccc(CC(=O)NC2CCNC(=O)C2)cc1. The van der Waals surface area contributed by atoms with Crippen LogP contribution in [0, 0.1) is 0 Å². The van der Waals surface area contributed by atoms with Crippen LogP contribution in [0.15, 0.2) is 24.3 Å². The van der Waals surface area contributed by atoms with Gasteiger partial charge in [0.15, 0.2) is 0 Å². The van der Waals surface area contributed by atoms with Crippen LogP contribution in [0.5, 0.6) is 5.75 Å². The summed E-state index contributed by atoms with van der Waals surface area (Å²) in [6.07, 6.45) is 1.48. The molecule has 0 radical (unpaired) electrons. The Kier molecular flexibility index (Phi) is 4.39. The normalized spacial score (nSPS) is 18.6. The molecule has 5 heteroatoms. The molecule has 1 saturated heterocycles. The van der Waals surface area contributed by atoms with E-state index < -0.39 is 0 Å². The maximum atomic E-state index is 11.9. The van der Waals surface area contributed by atoms with Crippen molar-refractivity contribution < 1.29 is 14.3 Å². The standard InChI is InChI=1S/C14H18N2O3/c1-19-12-4-2-10(3-5-12)8-14(18)16-11-6-7-15-13(17)9-11/h2-5,11H,6-9H2,1H3,(H,15,17)(H,16,18). The molecule has 19 heavy (non-hydrogen) atoms. The minimum atomic E-state index is -0.0510. The number of piperidine rings is 1. The number of hydrogen-bond acceptors (Lipinski definition) is 3. The molecule has 0 aliphatic carbocycles. The van der Waals surface area contributed by atoms with Crippen molar-refractivity contribution in [2.24, 2.45) is 0 Å². The van der Waals surface area contributed by atoms with Gasteiger partial charge in [-0.05, 0) is 24.1 Å². The summed E-state index contributed by atoms with van der Waals surface area (Å²) < 4.78 is 5.06. The first kappa shape index (κ1) is 13.4. The van der Waals surface area contributed by atoms with E-state index >= 15 is 0 Å². The van der Waals surface area contributed by atoms with Crippen molar-refractivity contribution in [3.05, 3.63) is 29.8 Å². The topological polar surface area (TPSA) is 67.4 Å². The van der Waals surface area contributed by atoms with E-state index in [1.54, 1.807) is 7.11 Å². The van der Waals surface area contributed by atoms with Gasteiger partial charge in [-0.25, -0.2) is 0 Å². The highest BCUT2D eigenvalue weighted by Gasteiger charge is 2.20. The molecule has 1 aliphatic heterocycles. The highest BCUT2D eigenvalue weighted by molar-refractivity contribution is 5.81. The lowest BCUT2D eigenvalue weighted by Crippen LogP contribution is -2.45. The molecule has 102 valence electrons. The van der Waals surface area contributed by atoms with Gasteiger partial charge in [0.2, 0.25) is 11.8 Å². The number of carbonyl (C=O) groups is 2. The van der Waals surface area contributed by atoms with Crippen LogP contribution < -0.4 is 15.4 Å². The minimum absolute atomic E-state index is 0.000924. The van der Waals surface area contributed by atoms with Crippen molar-refractivity contribution in [1.82, 2.24) is 10.6 Å². The lowest BCUT2D eigenvalue weighted by molar-refractivity contribution is -0.124. The summed E-state index contributed by atoms with van der Waals surface area (Å²) in [7, 11) is 1.61. The van der Waals surface area contributed by atoms with Crippen LogP contribution in [0.1, 0.15) is 18.4 Å². The number of benzene rings is 1. The molecule has 2 amide bonds. The fourth-order valence-corrected chi connectivity index (χ4v) is 2.11. The number of ether oxygens (including phenoxy) is 1. The first-order valence-electron chi connectivity index (χ1n) is 6.36. The molecule has 1 unspecified atom stereocenters. The van der Waals surface area contributed by atoms with Crippen LogP contribution in [0.4, 0.5) is 0 Å². The minimum Gasteiger partial charge on any atom is -0.497 e. The Balaban J connectivity index is 1.84. The number of rotatable bonds is 4. The van der Waals surface area contributed by atoms with E-state index in [2.05, 4.69) is 10.6 Å². The smallest absolute Gasteiger partial charge is 0.224 e. The van der Waals surface area contributed by atoms with Crippen LogP contribution >= 0.6 is 0 Å². The summed E-state index contributed by atoms with van der Waals surface area (Å²) in [4.78, 5) is 23.1. The predicted octanol–water partition coefficient (Wildman–Crippen LogP) is 0.632. The molecular weight excluding hydrogens is 244 g/mol. The van der Waals surface area contributed by atoms with E-state index in [0.717, 1.165) is 17.7 Å². The Morgan fingerprint density at radius 1 is 1.42 bits per heavy atom. The fraction of sp³-hybridized carbons (Fsp3) is 0.429. The van der Waals surface area contributed by atoms with E-state index in [9.17, 15) is 9.59 Å². The summed E-state index contributed by atoms with van der Waals surface area (Å²) in [5, 5.41) is 5.64. The molecule has 1 aromatic carbocycles. The summed E-state index contributed by atoms with van der Waals surface area (Å²) >= 11 is 0. The zero-order valence-corrected chi connectivity index (χ0v) is 10.9. The first-order chi connectivity index (χ1) is 9.17. The maximum absolute atomic E-state index is 11.9. The van der Waals surface area contributed by atoms with E-state index in [0.29, 0.717) is 19.4 Å². The number of methoxy groups -OCH3 is 1. The molecule has 1 aromatic rings. The molecule has 1 atom stereocenters. The molecule has 5 nitrogen and oxygen atoms in total. The second-order valence-electron chi connectivity index (χ2n) is 4.63. The van der Waals surface area contributed by atoms with Gasteiger partial charge in [-0.1, -0.05) is 12.1 Å². The second kappa shape index (κ2) is 6.22. The lowest BCUT2D eigenvalue weighted by Gasteiger charge is -2.23. The first-order valence-corrected chi connectivity index (χ1v) is 6.36. The van der Waals surface area contributed by atoms with Gasteiger partial charge in [0.1, 0.15) is 5.75 Å². The van der Waals surface area contributed by atoms with Crippen LogP contribution in [-0.2, 0) is 16.0 Å². The van der Waals surface area contributed by atoms with Crippen molar-refractivity contribution in [2.75, 3.05) is 13.7 Å². The summed E-state index contributed by atoms with van der Waals surface area (Å²) in [6.45, 7) is 0.631. The van der Waals surface area contributed by atoms with Crippen molar-refractivity contribution in [3.8, 4) is 5.75 Å². The van der Waals surface area contributed by atoms with E-state index in [4.69, 9.17) is 4.74 Å². The molecule has 2 rings (SSSR count). The number of nitrogens with one attached hydrogen (secondary N) is 2. The Morgan fingerprint density at radius 3 is 2.79 bits per heavy atom. The van der Waals surface area contributed by atoms with Gasteiger partial charge in [-0.3, -0.25) is 9.59 Å². The molecule has 2 N–H and O–H groups in total. The van der Waals surface area contributed by atoms with Crippen LogP contribution in [0.3, 0.4) is 0 Å². The maximum Gasteiger partial charge on any atom is 0.224 e. The van der Waals surface area contributed by atoms with Gasteiger partial charge in [0.05, 0.1) is 13.5 Å². The van der Waals surface area contributed by atoms with Gasteiger partial charge in [0.25, 0.3) is 0 Å². The zero-order chi connectivity index (χ0) is 13.7. The van der Waals surface area contributed by atoms with Gasteiger partial charge in [-0.2, -0.15) is 0 Å². The van der Waals surface area contributed by atoms with E-state index in [1.807, 2.05) is 24.3 Å². The van der Waals surface area contributed by atoms with Crippen LogP contribution in [0.2, 0.25) is 0 Å². The average Bonchev–Trinajstić information content (AvgIpc) is 2.39. The summed E-state index contributed by atoms with van der Waals surface area (Å²) in [5.74, 6) is 0.721. The number of hydrogen-bond donors (Lipinski definition) is 2. The third-order valence-corrected chi connectivity index (χ3v) is 3.14. The lowest BCUT2D eigenvalue weighted by atomic mass is 10.1.